The number of para-hydroxylation sites is 1. The Morgan fingerprint density at radius 2 is 1.68 bits per heavy atom. The highest BCUT2D eigenvalue weighted by Crippen LogP contribution is 2.19. The highest BCUT2D eigenvalue weighted by atomic mass is 16.3. The van der Waals surface area contributed by atoms with Crippen LogP contribution in [0.5, 0.6) is 0 Å². The summed E-state index contributed by atoms with van der Waals surface area (Å²) >= 11 is 0. The third-order valence-corrected chi connectivity index (χ3v) is 4.45. The Hall–Kier alpha value is -2.17. The second kappa shape index (κ2) is 8.79. The molecule has 0 aliphatic heterocycles. The van der Waals surface area contributed by atoms with Crippen LogP contribution in [0.4, 0.5) is 5.69 Å². The number of aliphatic hydroxyl groups is 1. The number of aryl methyl sites for hydroxylation is 3. The molecule has 0 aliphatic carbocycles. The summed E-state index contributed by atoms with van der Waals surface area (Å²) in [6.07, 6.45) is -0.603. The number of anilines is 1. The highest BCUT2D eigenvalue weighted by Gasteiger charge is 2.16. The van der Waals surface area contributed by atoms with Crippen LogP contribution < -0.4 is 5.32 Å². The smallest absolute Gasteiger partial charge is 0.238 e. The van der Waals surface area contributed by atoms with Gasteiger partial charge < -0.3 is 10.4 Å². The number of hydrogen-bond donors (Lipinski definition) is 2. The van der Waals surface area contributed by atoms with E-state index in [2.05, 4.69) is 5.32 Å². The molecule has 1 unspecified atom stereocenters. The van der Waals surface area contributed by atoms with Crippen molar-refractivity contribution in [3.05, 3.63) is 64.7 Å². The lowest BCUT2D eigenvalue weighted by Gasteiger charge is -2.23. The molecule has 0 radical (unpaired) electrons. The zero-order chi connectivity index (χ0) is 18.4. The van der Waals surface area contributed by atoms with E-state index in [0.29, 0.717) is 13.1 Å². The molecule has 0 fully saturated rings. The van der Waals surface area contributed by atoms with Gasteiger partial charge in [0.2, 0.25) is 5.91 Å². The van der Waals surface area contributed by atoms with Crippen molar-refractivity contribution in [2.75, 3.05) is 25.0 Å². The minimum atomic E-state index is -0.603. The van der Waals surface area contributed by atoms with E-state index in [-0.39, 0.29) is 12.5 Å². The van der Waals surface area contributed by atoms with E-state index in [9.17, 15) is 9.90 Å². The standard InChI is InChI=1S/C21H28N2O2/c1-5-23(13-19(24)18-11-9-15(2)10-12-18)14-20(25)22-21-16(3)7-6-8-17(21)4/h6-12,19,24H,5,13-14H2,1-4H3,(H,22,25). The van der Waals surface area contributed by atoms with Crippen molar-refractivity contribution < 1.29 is 9.90 Å². The molecule has 1 amide bonds. The first-order valence-electron chi connectivity index (χ1n) is 8.73. The van der Waals surface area contributed by atoms with E-state index in [0.717, 1.165) is 27.9 Å². The molecule has 2 aromatic rings. The fourth-order valence-corrected chi connectivity index (χ4v) is 2.84. The predicted molar refractivity (Wildman–Crippen MR) is 103 cm³/mol. The molecule has 0 saturated heterocycles. The van der Waals surface area contributed by atoms with Crippen molar-refractivity contribution in [3.63, 3.8) is 0 Å². The summed E-state index contributed by atoms with van der Waals surface area (Å²) in [5, 5.41) is 13.4. The molecule has 0 spiro atoms. The van der Waals surface area contributed by atoms with Gasteiger partial charge in [-0.2, -0.15) is 0 Å². The Morgan fingerprint density at radius 3 is 2.24 bits per heavy atom. The van der Waals surface area contributed by atoms with Crippen LogP contribution in [0.25, 0.3) is 0 Å². The van der Waals surface area contributed by atoms with Gasteiger partial charge in [0.05, 0.1) is 12.6 Å². The van der Waals surface area contributed by atoms with E-state index >= 15 is 0 Å². The molecule has 0 heterocycles. The second-order valence-electron chi connectivity index (χ2n) is 6.57. The highest BCUT2D eigenvalue weighted by molar-refractivity contribution is 5.93. The summed E-state index contributed by atoms with van der Waals surface area (Å²) in [6.45, 7) is 9.37. The predicted octanol–water partition coefficient (Wildman–Crippen LogP) is 3.61. The lowest BCUT2D eigenvalue weighted by atomic mass is 10.1. The lowest BCUT2D eigenvalue weighted by molar-refractivity contribution is -0.117. The van der Waals surface area contributed by atoms with E-state index < -0.39 is 6.10 Å². The van der Waals surface area contributed by atoms with Crippen LogP contribution in [0, 0.1) is 20.8 Å². The molecule has 1 atom stereocenters. The van der Waals surface area contributed by atoms with Gasteiger partial charge in [-0.25, -0.2) is 0 Å². The molecule has 134 valence electrons. The summed E-state index contributed by atoms with van der Waals surface area (Å²) in [7, 11) is 0. The van der Waals surface area contributed by atoms with Crippen LogP contribution in [0.15, 0.2) is 42.5 Å². The number of nitrogens with zero attached hydrogens (tertiary/aromatic N) is 1. The number of aliphatic hydroxyl groups excluding tert-OH is 1. The molecule has 0 aliphatic rings. The first kappa shape index (κ1) is 19.2. The third-order valence-electron chi connectivity index (χ3n) is 4.45. The Balaban J connectivity index is 1.96. The van der Waals surface area contributed by atoms with Crippen LogP contribution in [0.3, 0.4) is 0 Å². The Kier molecular flexibility index (Phi) is 6.73. The van der Waals surface area contributed by atoms with Crippen LogP contribution in [-0.2, 0) is 4.79 Å². The molecule has 2 rings (SSSR count). The first-order chi connectivity index (χ1) is 11.9. The van der Waals surface area contributed by atoms with Gasteiger partial charge in [-0.3, -0.25) is 9.69 Å². The van der Waals surface area contributed by atoms with Gasteiger partial charge in [0.1, 0.15) is 0 Å². The Bertz CT molecular complexity index is 690. The molecule has 0 aromatic heterocycles. The van der Waals surface area contributed by atoms with Crippen molar-refractivity contribution in [1.82, 2.24) is 4.90 Å². The van der Waals surface area contributed by atoms with E-state index in [4.69, 9.17) is 0 Å². The molecule has 25 heavy (non-hydrogen) atoms. The van der Waals surface area contributed by atoms with Gasteiger partial charge >= 0.3 is 0 Å². The fraction of sp³-hybridized carbons (Fsp3) is 0.381. The molecule has 2 N–H and O–H groups in total. The number of nitrogens with one attached hydrogen (secondary N) is 1. The van der Waals surface area contributed by atoms with Crippen LogP contribution in [-0.4, -0.2) is 35.5 Å². The van der Waals surface area contributed by atoms with Crippen LogP contribution >= 0.6 is 0 Å². The van der Waals surface area contributed by atoms with Gasteiger partial charge in [-0.15, -0.1) is 0 Å². The summed E-state index contributed by atoms with van der Waals surface area (Å²) in [5.41, 5.74) is 5.02. The molecule has 0 saturated carbocycles. The van der Waals surface area contributed by atoms with Crippen LogP contribution in [0.1, 0.15) is 35.3 Å². The zero-order valence-electron chi connectivity index (χ0n) is 15.5. The zero-order valence-corrected chi connectivity index (χ0v) is 15.5. The largest absolute Gasteiger partial charge is 0.387 e. The molecule has 4 nitrogen and oxygen atoms in total. The number of likely N-dealkylation sites (N-methyl/N-ethyl adjacent to an activating group) is 1. The summed E-state index contributed by atoms with van der Waals surface area (Å²) in [4.78, 5) is 14.4. The van der Waals surface area contributed by atoms with Gasteiger partial charge in [-0.1, -0.05) is 55.0 Å². The molecule has 4 heteroatoms. The molecule has 0 bridgehead atoms. The number of carbonyl (C=O) groups excluding carboxylic acids is 1. The van der Waals surface area contributed by atoms with Crippen molar-refractivity contribution in [3.8, 4) is 0 Å². The molecular weight excluding hydrogens is 312 g/mol. The van der Waals surface area contributed by atoms with Crippen molar-refractivity contribution in [1.29, 1.82) is 0 Å². The number of benzene rings is 2. The molecular formula is C21H28N2O2. The minimum absolute atomic E-state index is 0.0599. The monoisotopic (exact) mass is 340 g/mol. The molecule has 2 aromatic carbocycles. The maximum atomic E-state index is 12.4. The van der Waals surface area contributed by atoms with E-state index in [1.54, 1.807) is 0 Å². The second-order valence-corrected chi connectivity index (χ2v) is 6.57. The van der Waals surface area contributed by atoms with Crippen LogP contribution in [0.2, 0.25) is 0 Å². The average molecular weight is 340 g/mol. The normalized spacial score (nSPS) is 12.2. The lowest BCUT2D eigenvalue weighted by Crippen LogP contribution is -2.36. The number of carbonyl (C=O) groups is 1. The Labute approximate surface area is 150 Å². The van der Waals surface area contributed by atoms with Crippen molar-refractivity contribution >= 4 is 11.6 Å². The average Bonchev–Trinajstić information content (AvgIpc) is 2.58. The van der Waals surface area contributed by atoms with Gasteiger partial charge in [0.25, 0.3) is 0 Å². The van der Waals surface area contributed by atoms with Gasteiger partial charge in [0, 0.05) is 12.2 Å². The topological polar surface area (TPSA) is 52.6 Å². The summed E-state index contributed by atoms with van der Waals surface area (Å²) in [6, 6.07) is 13.8. The number of amides is 1. The minimum Gasteiger partial charge on any atom is -0.387 e. The number of rotatable bonds is 7. The first-order valence-corrected chi connectivity index (χ1v) is 8.73. The SMILES string of the molecule is CCN(CC(=O)Nc1c(C)cccc1C)CC(O)c1ccc(C)cc1. The summed E-state index contributed by atoms with van der Waals surface area (Å²) in [5.74, 6) is -0.0599. The Morgan fingerprint density at radius 1 is 1.08 bits per heavy atom. The fourth-order valence-electron chi connectivity index (χ4n) is 2.84. The van der Waals surface area contributed by atoms with Gasteiger partial charge in [0.15, 0.2) is 0 Å². The van der Waals surface area contributed by atoms with Crippen molar-refractivity contribution in [2.24, 2.45) is 0 Å². The third kappa shape index (κ3) is 5.41. The van der Waals surface area contributed by atoms with Gasteiger partial charge in [-0.05, 0) is 44.0 Å². The summed E-state index contributed by atoms with van der Waals surface area (Å²) < 4.78 is 0. The maximum Gasteiger partial charge on any atom is 0.238 e. The van der Waals surface area contributed by atoms with Crippen molar-refractivity contribution in [2.45, 2.75) is 33.8 Å². The van der Waals surface area contributed by atoms with E-state index in [1.165, 1.54) is 0 Å². The van der Waals surface area contributed by atoms with E-state index in [1.807, 2.05) is 75.1 Å². The number of hydrogen-bond acceptors (Lipinski definition) is 3. The maximum absolute atomic E-state index is 12.4. The quantitative estimate of drug-likeness (QED) is 0.810.